The average Bonchev–Trinajstić information content (AvgIpc) is 1.79. The first-order chi connectivity index (χ1) is 4.95. The molecule has 1 N–H and O–H groups in total. The summed E-state index contributed by atoms with van der Waals surface area (Å²) in [7, 11) is -4.26. The largest absolute Gasteiger partial charge is 1.00 e. The third-order valence-electron chi connectivity index (χ3n) is 0.662. The first-order valence-corrected chi connectivity index (χ1v) is 4.28. The van der Waals surface area contributed by atoms with Gasteiger partial charge in [-0.1, -0.05) is 12.7 Å². The second kappa shape index (κ2) is 6.62. The molecule has 0 fully saturated rings. The van der Waals surface area contributed by atoms with Gasteiger partial charge in [-0.3, -0.25) is 9.35 Å². The quantitative estimate of drug-likeness (QED) is 0.225. The normalized spacial score (nSPS) is 9.75. The van der Waals surface area contributed by atoms with Gasteiger partial charge in [-0.2, -0.15) is 8.42 Å². The molecule has 0 unspecified atom stereocenters. The van der Waals surface area contributed by atoms with Crippen molar-refractivity contribution in [1.29, 1.82) is 0 Å². The molecule has 0 saturated heterocycles. The average molecular weight is 204 g/mol. The molecule has 66 valence electrons. The number of hydrogen-bond donors (Lipinski definition) is 1. The molecule has 7 heteroatoms. The second-order valence-electron chi connectivity index (χ2n) is 1.70. The van der Waals surface area contributed by atoms with Crippen molar-refractivity contribution in [2.45, 2.75) is 0 Å². The molecule has 0 aliphatic rings. The van der Waals surface area contributed by atoms with E-state index >= 15 is 0 Å². The van der Waals surface area contributed by atoms with Crippen LogP contribution in [0.25, 0.3) is 0 Å². The summed E-state index contributed by atoms with van der Waals surface area (Å²) >= 11 is 0. The molecule has 0 bridgehead atoms. The van der Waals surface area contributed by atoms with Crippen LogP contribution in [0, 0.1) is 0 Å². The molecular formula is C5H9NaO5S. The Morgan fingerprint density at radius 1 is 1.67 bits per heavy atom. The van der Waals surface area contributed by atoms with Gasteiger partial charge in [0.1, 0.15) is 6.61 Å². The Labute approximate surface area is 94.3 Å². The monoisotopic (exact) mass is 204 g/mol. The minimum atomic E-state index is -4.26. The molecule has 0 aromatic rings. The summed E-state index contributed by atoms with van der Waals surface area (Å²) in [5.74, 6) is -2.01. The molecule has 5 nitrogen and oxygen atoms in total. The van der Waals surface area contributed by atoms with E-state index in [1.54, 1.807) is 0 Å². The van der Waals surface area contributed by atoms with Crippen LogP contribution in [0.2, 0.25) is 0 Å². The van der Waals surface area contributed by atoms with Gasteiger partial charge in [0.05, 0.1) is 0 Å². The van der Waals surface area contributed by atoms with E-state index in [4.69, 9.17) is 4.55 Å². The summed E-state index contributed by atoms with van der Waals surface area (Å²) in [6.45, 7) is 3.18. The molecule has 0 heterocycles. The van der Waals surface area contributed by atoms with Crippen molar-refractivity contribution in [2.75, 3.05) is 12.4 Å². The molecule has 0 aromatic heterocycles. The van der Waals surface area contributed by atoms with E-state index in [2.05, 4.69) is 11.3 Å². The van der Waals surface area contributed by atoms with Crippen LogP contribution in [0.1, 0.15) is 1.43 Å². The molecule has 12 heavy (non-hydrogen) atoms. The van der Waals surface area contributed by atoms with Gasteiger partial charge in [-0.15, -0.1) is 0 Å². The van der Waals surface area contributed by atoms with Crippen molar-refractivity contribution in [1.82, 2.24) is 0 Å². The molecule has 0 radical (unpaired) electrons. The van der Waals surface area contributed by atoms with E-state index in [-0.39, 0.29) is 37.6 Å². The summed E-state index contributed by atoms with van der Waals surface area (Å²) in [6.07, 6.45) is 1.29. The Bertz CT molecular complexity index is 250. The summed E-state index contributed by atoms with van der Waals surface area (Å²) in [4.78, 5) is 10.4. The standard InChI is InChI=1S/C5H8O5S.Na.H/c1-2-3-10-5(6)4-11(7,8)9;;/h2H,1,3-4H2,(H,7,8,9);;/q;+1;-1. The number of ether oxygens (including phenoxy) is 1. The zero-order valence-electron chi connectivity index (χ0n) is 7.69. The Morgan fingerprint density at radius 2 is 2.17 bits per heavy atom. The number of carbonyl (C=O) groups excluding carboxylic acids is 1. The van der Waals surface area contributed by atoms with Crippen LogP contribution in [0.15, 0.2) is 12.7 Å². The molecular weight excluding hydrogens is 195 g/mol. The Kier molecular flexibility index (Phi) is 8.07. The van der Waals surface area contributed by atoms with E-state index in [0.29, 0.717) is 0 Å². The molecule has 0 atom stereocenters. The molecule has 0 amide bonds. The molecule has 0 saturated carbocycles. The van der Waals surface area contributed by atoms with Gasteiger partial charge in [0.2, 0.25) is 0 Å². The van der Waals surface area contributed by atoms with Gasteiger partial charge in [0.25, 0.3) is 10.1 Å². The summed E-state index contributed by atoms with van der Waals surface area (Å²) in [5.41, 5.74) is 0. The van der Waals surface area contributed by atoms with Gasteiger partial charge in [-0.05, 0) is 0 Å². The van der Waals surface area contributed by atoms with Crippen LogP contribution in [0.4, 0.5) is 0 Å². The van der Waals surface area contributed by atoms with Crippen LogP contribution in [-0.4, -0.2) is 31.3 Å². The number of rotatable bonds is 4. The first kappa shape index (κ1) is 14.6. The van der Waals surface area contributed by atoms with Crippen LogP contribution in [0.3, 0.4) is 0 Å². The van der Waals surface area contributed by atoms with Crippen molar-refractivity contribution in [2.24, 2.45) is 0 Å². The van der Waals surface area contributed by atoms with E-state index < -0.39 is 21.8 Å². The summed E-state index contributed by atoms with van der Waals surface area (Å²) in [5, 5.41) is 0. The van der Waals surface area contributed by atoms with Crippen LogP contribution in [0.5, 0.6) is 0 Å². The van der Waals surface area contributed by atoms with Crippen LogP contribution >= 0.6 is 0 Å². The topological polar surface area (TPSA) is 80.7 Å². The second-order valence-corrected chi connectivity index (χ2v) is 3.15. The van der Waals surface area contributed by atoms with Gasteiger partial charge >= 0.3 is 35.5 Å². The Morgan fingerprint density at radius 3 is 2.50 bits per heavy atom. The van der Waals surface area contributed by atoms with Gasteiger partial charge in [-0.25, -0.2) is 0 Å². The Balaban J connectivity index is -0.000000500. The minimum absolute atomic E-state index is 0. The number of esters is 1. The van der Waals surface area contributed by atoms with Gasteiger partial charge < -0.3 is 6.16 Å². The molecule has 0 rings (SSSR count). The van der Waals surface area contributed by atoms with Crippen LogP contribution in [-0.2, 0) is 19.6 Å². The van der Waals surface area contributed by atoms with Crippen molar-refractivity contribution < 1.29 is 53.5 Å². The van der Waals surface area contributed by atoms with E-state index in [1.807, 2.05) is 0 Å². The zero-order chi connectivity index (χ0) is 8.91. The fourth-order valence-electron chi connectivity index (χ4n) is 0.342. The fourth-order valence-corrected chi connectivity index (χ4v) is 0.724. The van der Waals surface area contributed by atoms with Crippen molar-refractivity contribution in [3.05, 3.63) is 12.7 Å². The van der Waals surface area contributed by atoms with E-state index in [1.165, 1.54) is 6.08 Å². The van der Waals surface area contributed by atoms with Gasteiger partial charge in [0, 0.05) is 0 Å². The SMILES string of the molecule is C=CCOC(=O)CS(=O)(=O)O.[H-].[Na+]. The Hall–Kier alpha value is 0.120. The van der Waals surface area contributed by atoms with Crippen molar-refractivity contribution in [3.8, 4) is 0 Å². The van der Waals surface area contributed by atoms with Gasteiger partial charge in [0.15, 0.2) is 5.75 Å². The first-order valence-electron chi connectivity index (χ1n) is 2.67. The third-order valence-corrected chi connectivity index (χ3v) is 1.26. The minimum Gasteiger partial charge on any atom is -1.00 e. The molecule has 0 spiro atoms. The predicted molar refractivity (Wildman–Crippen MR) is 38.7 cm³/mol. The summed E-state index contributed by atoms with van der Waals surface area (Å²) in [6, 6.07) is 0. The zero-order valence-corrected chi connectivity index (χ0v) is 9.50. The molecule has 0 aliphatic heterocycles. The van der Waals surface area contributed by atoms with Crippen LogP contribution < -0.4 is 29.6 Å². The number of hydrogen-bond acceptors (Lipinski definition) is 4. The van der Waals surface area contributed by atoms with Crippen molar-refractivity contribution >= 4 is 16.1 Å². The summed E-state index contributed by atoms with van der Waals surface area (Å²) < 4.78 is 32.5. The maximum Gasteiger partial charge on any atom is 1.00 e. The molecule has 0 aliphatic carbocycles. The van der Waals surface area contributed by atoms with E-state index in [9.17, 15) is 13.2 Å². The predicted octanol–water partition coefficient (Wildman–Crippen LogP) is -3.28. The smallest absolute Gasteiger partial charge is 1.00 e. The number of carbonyl (C=O) groups is 1. The third kappa shape index (κ3) is 10.1. The van der Waals surface area contributed by atoms with E-state index in [0.717, 1.165) is 0 Å². The molecule has 0 aromatic carbocycles. The maximum absolute atomic E-state index is 10.4. The fraction of sp³-hybridized carbons (Fsp3) is 0.400. The maximum atomic E-state index is 10.4. The van der Waals surface area contributed by atoms with Crippen molar-refractivity contribution in [3.63, 3.8) is 0 Å².